The number of primary sulfonamides is 1. The van der Waals surface area contributed by atoms with E-state index < -0.39 is 20.2 Å². The lowest BCUT2D eigenvalue weighted by Gasteiger charge is -2.59. The van der Waals surface area contributed by atoms with Crippen LogP contribution in [0.25, 0.3) is 0 Å². The number of nitrogens with one attached hydrogen (secondary N) is 1. The monoisotopic (exact) mass is 410 g/mol. The van der Waals surface area contributed by atoms with E-state index in [1.807, 2.05) is 26.0 Å². The van der Waals surface area contributed by atoms with Crippen LogP contribution in [0.4, 0.5) is 0 Å². The van der Waals surface area contributed by atoms with E-state index in [1.165, 1.54) is 0 Å². The highest BCUT2D eigenvalue weighted by Gasteiger charge is 2.60. The summed E-state index contributed by atoms with van der Waals surface area (Å²) in [7, 11) is -3.57. The molecule has 4 bridgehead atoms. The number of hydrogen-bond acceptors (Lipinski definition) is 3. The van der Waals surface area contributed by atoms with Crippen LogP contribution in [0.1, 0.15) is 51.5 Å². The Kier molecular flexibility index (Phi) is 4.41. The van der Waals surface area contributed by atoms with Crippen molar-refractivity contribution in [2.24, 2.45) is 22.9 Å². The number of halogens is 1. The number of sulfonamides is 1. The molecule has 3 unspecified atom stereocenters. The van der Waals surface area contributed by atoms with Crippen LogP contribution in [-0.4, -0.2) is 25.1 Å². The molecule has 7 heteroatoms. The molecule has 4 aliphatic carbocycles. The van der Waals surface area contributed by atoms with Crippen molar-refractivity contribution < 1.29 is 13.2 Å². The summed E-state index contributed by atoms with van der Waals surface area (Å²) >= 11 is 5.97. The second-order valence-corrected chi connectivity index (χ2v) is 11.7. The first-order chi connectivity index (χ1) is 12.5. The zero-order chi connectivity index (χ0) is 19.6. The highest BCUT2D eigenvalue weighted by Crippen LogP contribution is 2.58. The fourth-order valence-corrected chi connectivity index (χ4v) is 7.35. The van der Waals surface area contributed by atoms with Gasteiger partial charge in [-0.15, -0.1) is 0 Å². The van der Waals surface area contributed by atoms with Crippen LogP contribution < -0.4 is 10.5 Å². The lowest BCUT2D eigenvalue weighted by atomic mass is 9.53. The van der Waals surface area contributed by atoms with Gasteiger partial charge in [0, 0.05) is 11.1 Å². The van der Waals surface area contributed by atoms with E-state index in [0.717, 1.165) is 18.4 Å². The average molecular weight is 411 g/mol. The Labute approximate surface area is 166 Å². The Bertz CT molecular complexity index is 850. The molecule has 5 nitrogen and oxygen atoms in total. The van der Waals surface area contributed by atoms with Gasteiger partial charge in [0.25, 0.3) is 0 Å². The zero-order valence-corrected chi connectivity index (χ0v) is 17.3. The van der Waals surface area contributed by atoms with Gasteiger partial charge in [-0.25, -0.2) is 13.6 Å². The van der Waals surface area contributed by atoms with Crippen molar-refractivity contribution in [3.8, 4) is 0 Å². The second-order valence-electron chi connectivity index (χ2n) is 9.33. The van der Waals surface area contributed by atoms with Gasteiger partial charge in [-0.3, -0.25) is 4.79 Å². The maximum atomic E-state index is 13.1. The molecule has 0 saturated heterocycles. The van der Waals surface area contributed by atoms with Crippen molar-refractivity contribution in [2.75, 3.05) is 0 Å². The standard InChI is InChI=1S/C20H27ClN2O3S/c1-19(2,15-3-5-16(21)6-4-15)18(24)23-17-13-7-12-8-14(17)11-20(9-12,10-13)27(22,25)26/h3-6,12-14,17H,7-11H2,1-2H3,(H,23,24)(H2,22,25,26)/t12?,13-,14+,17?,20?. The van der Waals surface area contributed by atoms with Crippen LogP contribution in [-0.2, 0) is 20.2 Å². The van der Waals surface area contributed by atoms with E-state index in [0.29, 0.717) is 30.2 Å². The van der Waals surface area contributed by atoms with Crippen LogP contribution in [0.5, 0.6) is 0 Å². The molecule has 4 fully saturated rings. The number of carbonyl (C=O) groups excluding carboxylic acids is 1. The maximum absolute atomic E-state index is 13.1. The van der Waals surface area contributed by atoms with Crippen molar-refractivity contribution in [3.63, 3.8) is 0 Å². The Morgan fingerprint density at radius 3 is 2.22 bits per heavy atom. The zero-order valence-electron chi connectivity index (χ0n) is 15.7. The predicted octanol–water partition coefficient (Wildman–Crippen LogP) is 2.97. The highest BCUT2D eigenvalue weighted by molar-refractivity contribution is 7.90. The minimum Gasteiger partial charge on any atom is -0.352 e. The Morgan fingerprint density at radius 1 is 1.15 bits per heavy atom. The first kappa shape index (κ1) is 19.2. The molecule has 148 valence electrons. The van der Waals surface area contributed by atoms with Gasteiger partial charge in [0.1, 0.15) is 0 Å². The molecule has 4 aliphatic rings. The first-order valence-electron chi connectivity index (χ1n) is 9.61. The number of nitrogens with two attached hydrogens (primary N) is 1. The summed E-state index contributed by atoms with van der Waals surface area (Å²) in [6.45, 7) is 3.82. The number of hydrogen-bond donors (Lipinski definition) is 2. The molecule has 27 heavy (non-hydrogen) atoms. The quantitative estimate of drug-likeness (QED) is 0.799. The van der Waals surface area contributed by atoms with Crippen LogP contribution in [0.15, 0.2) is 24.3 Å². The van der Waals surface area contributed by atoms with Gasteiger partial charge >= 0.3 is 0 Å². The minimum atomic E-state index is -3.57. The Balaban J connectivity index is 1.54. The smallest absolute Gasteiger partial charge is 0.230 e. The van der Waals surface area contributed by atoms with Gasteiger partial charge in [-0.05, 0) is 81.4 Å². The predicted molar refractivity (Wildman–Crippen MR) is 106 cm³/mol. The van der Waals surface area contributed by atoms with Crippen LogP contribution in [0.2, 0.25) is 5.02 Å². The van der Waals surface area contributed by atoms with E-state index >= 15 is 0 Å². The van der Waals surface area contributed by atoms with Gasteiger partial charge in [0.2, 0.25) is 15.9 Å². The second kappa shape index (κ2) is 6.19. The third-order valence-corrected chi connectivity index (χ3v) is 9.21. The summed E-state index contributed by atoms with van der Waals surface area (Å²) in [4.78, 5) is 13.1. The van der Waals surface area contributed by atoms with Gasteiger partial charge in [-0.1, -0.05) is 23.7 Å². The summed E-state index contributed by atoms with van der Waals surface area (Å²) < 4.78 is 23.8. The van der Waals surface area contributed by atoms with E-state index in [2.05, 4.69) is 5.32 Å². The summed E-state index contributed by atoms with van der Waals surface area (Å²) in [5.74, 6) is 0.782. The molecule has 4 saturated carbocycles. The molecule has 1 amide bonds. The van der Waals surface area contributed by atoms with E-state index in [1.54, 1.807) is 12.1 Å². The van der Waals surface area contributed by atoms with Crippen molar-refractivity contribution in [1.29, 1.82) is 0 Å². The molecule has 5 rings (SSSR count). The molecule has 0 heterocycles. The van der Waals surface area contributed by atoms with E-state index in [-0.39, 0.29) is 23.8 Å². The number of benzene rings is 1. The third kappa shape index (κ3) is 3.10. The van der Waals surface area contributed by atoms with Crippen molar-refractivity contribution in [2.45, 2.75) is 62.2 Å². The fraction of sp³-hybridized carbons (Fsp3) is 0.650. The van der Waals surface area contributed by atoms with Crippen molar-refractivity contribution in [3.05, 3.63) is 34.9 Å². The fourth-order valence-electron chi connectivity index (χ4n) is 5.86. The molecule has 0 aromatic heterocycles. The van der Waals surface area contributed by atoms with Crippen molar-refractivity contribution in [1.82, 2.24) is 5.32 Å². The maximum Gasteiger partial charge on any atom is 0.230 e. The molecule has 0 radical (unpaired) electrons. The summed E-state index contributed by atoms with van der Waals surface area (Å²) in [5.41, 5.74) is 0.228. The lowest BCUT2D eigenvalue weighted by Crippen LogP contribution is -2.65. The highest BCUT2D eigenvalue weighted by atomic mass is 35.5. The molecular weight excluding hydrogens is 384 g/mol. The van der Waals surface area contributed by atoms with Crippen LogP contribution in [0, 0.1) is 17.8 Å². The molecule has 5 atom stereocenters. The van der Waals surface area contributed by atoms with Crippen LogP contribution >= 0.6 is 11.6 Å². The Morgan fingerprint density at radius 2 is 1.70 bits per heavy atom. The summed E-state index contributed by atoms with van der Waals surface area (Å²) in [6.07, 6.45) is 3.81. The molecular formula is C20H27ClN2O3S. The SMILES string of the molecule is CC(C)(C(=O)NC1[C@@H]2CC3C[C@H]1CC(S(N)(=O)=O)(C3)C2)c1ccc(Cl)cc1. The van der Waals surface area contributed by atoms with Gasteiger partial charge in [-0.2, -0.15) is 0 Å². The number of amides is 1. The minimum absolute atomic E-state index is 0.0213. The van der Waals surface area contributed by atoms with E-state index in [4.69, 9.17) is 16.7 Å². The molecule has 0 aliphatic heterocycles. The molecule has 1 aromatic carbocycles. The van der Waals surface area contributed by atoms with Gasteiger partial charge in [0.15, 0.2) is 0 Å². The summed E-state index contributed by atoms with van der Waals surface area (Å²) in [6, 6.07) is 7.40. The van der Waals surface area contributed by atoms with Crippen molar-refractivity contribution >= 4 is 27.5 Å². The van der Waals surface area contributed by atoms with Crippen LogP contribution in [0.3, 0.4) is 0 Å². The van der Waals surface area contributed by atoms with Gasteiger partial charge in [0.05, 0.1) is 10.2 Å². The summed E-state index contributed by atoms with van der Waals surface area (Å²) in [5, 5.41) is 9.53. The normalized spacial score (nSPS) is 35.3. The Hall–Kier alpha value is -1.11. The first-order valence-corrected chi connectivity index (χ1v) is 11.5. The lowest BCUT2D eigenvalue weighted by molar-refractivity contribution is -0.129. The van der Waals surface area contributed by atoms with E-state index in [9.17, 15) is 13.2 Å². The number of rotatable bonds is 4. The molecule has 0 spiro atoms. The molecule has 1 aromatic rings. The third-order valence-electron chi connectivity index (χ3n) is 7.25. The number of carbonyl (C=O) groups is 1. The largest absolute Gasteiger partial charge is 0.352 e. The topological polar surface area (TPSA) is 89.3 Å². The molecule has 3 N–H and O–H groups in total. The van der Waals surface area contributed by atoms with Gasteiger partial charge < -0.3 is 5.32 Å². The average Bonchev–Trinajstić information content (AvgIpc) is 2.56.